The molecule has 3 rings (SSSR count). The number of benzene rings is 2. The summed E-state index contributed by atoms with van der Waals surface area (Å²) in [6.45, 7) is 5.19. The molecule has 1 atom stereocenters. The van der Waals surface area contributed by atoms with E-state index in [1.54, 1.807) is 14.2 Å². The molecule has 138 valence electrons. The van der Waals surface area contributed by atoms with E-state index in [0.29, 0.717) is 0 Å². The van der Waals surface area contributed by atoms with Crippen molar-refractivity contribution in [1.82, 2.24) is 4.90 Å². The second kappa shape index (κ2) is 7.96. The Morgan fingerprint density at radius 3 is 2.50 bits per heavy atom. The summed E-state index contributed by atoms with van der Waals surface area (Å²) >= 11 is 5.72. The first-order valence-electron chi connectivity index (χ1n) is 8.90. The molecular formula is C21H26N2O2S. The molecule has 1 heterocycles. The monoisotopic (exact) mass is 370 g/mol. The highest BCUT2D eigenvalue weighted by Crippen LogP contribution is 2.37. The zero-order chi connectivity index (χ0) is 18.7. The van der Waals surface area contributed by atoms with Gasteiger partial charge in [0.1, 0.15) is 0 Å². The molecule has 2 aromatic carbocycles. The average Bonchev–Trinajstić information content (AvgIpc) is 3.14. The normalized spacial score (nSPS) is 16.5. The number of methoxy groups -OCH3 is 2. The number of aryl methyl sites for hydroxylation is 2. The molecule has 0 bridgehead atoms. The van der Waals surface area contributed by atoms with Crippen molar-refractivity contribution in [3.63, 3.8) is 0 Å². The smallest absolute Gasteiger partial charge is 0.173 e. The Bertz CT molecular complexity index is 807. The highest BCUT2D eigenvalue weighted by atomic mass is 32.1. The second-order valence-electron chi connectivity index (χ2n) is 6.70. The van der Waals surface area contributed by atoms with E-state index in [9.17, 15) is 0 Å². The van der Waals surface area contributed by atoms with Gasteiger partial charge < -0.3 is 19.7 Å². The highest BCUT2D eigenvalue weighted by molar-refractivity contribution is 7.80. The van der Waals surface area contributed by atoms with Gasteiger partial charge in [0.15, 0.2) is 16.6 Å². The fourth-order valence-electron chi connectivity index (χ4n) is 3.43. The molecular weight excluding hydrogens is 344 g/mol. The van der Waals surface area contributed by atoms with Crippen LogP contribution >= 0.6 is 12.2 Å². The van der Waals surface area contributed by atoms with Crippen LogP contribution in [0.25, 0.3) is 0 Å². The number of rotatable bonds is 4. The Labute approximate surface area is 161 Å². The van der Waals surface area contributed by atoms with Gasteiger partial charge in [-0.15, -0.1) is 0 Å². The van der Waals surface area contributed by atoms with E-state index in [1.165, 1.54) is 16.7 Å². The topological polar surface area (TPSA) is 33.7 Å². The van der Waals surface area contributed by atoms with E-state index in [1.807, 2.05) is 6.07 Å². The third-order valence-corrected chi connectivity index (χ3v) is 5.40. The van der Waals surface area contributed by atoms with Crippen LogP contribution in [0.5, 0.6) is 11.5 Å². The van der Waals surface area contributed by atoms with E-state index < -0.39 is 0 Å². The standard InChI is InChI=1S/C21H26N2O2S/c1-14-7-9-17(12-15(14)2)22-21(26)23-11-5-6-18(23)16-8-10-19(24-3)20(13-16)25-4/h7-10,12-13,18H,5-6,11H2,1-4H3,(H,22,26)/t18-/m1/s1. The van der Waals surface area contributed by atoms with Gasteiger partial charge >= 0.3 is 0 Å². The Balaban J connectivity index is 1.79. The first kappa shape index (κ1) is 18.5. The van der Waals surface area contributed by atoms with Crippen LogP contribution in [0.2, 0.25) is 0 Å². The van der Waals surface area contributed by atoms with Gasteiger partial charge in [0.25, 0.3) is 0 Å². The van der Waals surface area contributed by atoms with Crippen molar-refractivity contribution in [1.29, 1.82) is 0 Å². The highest BCUT2D eigenvalue weighted by Gasteiger charge is 2.28. The molecule has 1 aliphatic heterocycles. The molecule has 0 spiro atoms. The van der Waals surface area contributed by atoms with Gasteiger partial charge in [0.05, 0.1) is 20.3 Å². The van der Waals surface area contributed by atoms with Crippen molar-refractivity contribution in [2.24, 2.45) is 0 Å². The summed E-state index contributed by atoms with van der Waals surface area (Å²) in [6.07, 6.45) is 2.19. The molecule has 2 aromatic rings. The van der Waals surface area contributed by atoms with Crippen LogP contribution in [0, 0.1) is 13.8 Å². The molecule has 26 heavy (non-hydrogen) atoms. The lowest BCUT2D eigenvalue weighted by atomic mass is 10.0. The van der Waals surface area contributed by atoms with Crippen LogP contribution in [0.3, 0.4) is 0 Å². The number of thiocarbonyl (C=S) groups is 1. The summed E-state index contributed by atoms with van der Waals surface area (Å²) in [5, 5.41) is 4.17. The molecule has 0 aromatic heterocycles. The maximum absolute atomic E-state index is 5.72. The summed E-state index contributed by atoms with van der Waals surface area (Å²) in [5.74, 6) is 1.50. The number of anilines is 1. The zero-order valence-electron chi connectivity index (χ0n) is 15.8. The third kappa shape index (κ3) is 3.78. The van der Waals surface area contributed by atoms with Gasteiger partial charge in [0.2, 0.25) is 0 Å². The van der Waals surface area contributed by atoms with Crippen molar-refractivity contribution >= 4 is 23.0 Å². The van der Waals surface area contributed by atoms with Crippen molar-refractivity contribution in [2.45, 2.75) is 32.7 Å². The van der Waals surface area contributed by atoms with E-state index >= 15 is 0 Å². The summed E-state index contributed by atoms with van der Waals surface area (Å²) in [7, 11) is 3.32. The number of hydrogen-bond acceptors (Lipinski definition) is 3. The number of nitrogens with one attached hydrogen (secondary N) is 1. The van der Waals surface area contributed by atoms with E-state index in [2.05, 4.69) is 54.4 Å². The maximum Gasteiger partial charge on any atom is 0.173 e. The molecule has 1 aliphatic rings. The van der Waals surface area contributed by atoms with Gasteiger partial charge in [-0.3, -0.25) is 0 Å². The van der Waals surface area contributed by atoms with Gasteiger partial charge in [-0.2, -0.15) is 0 Å². The summed E-state index contributed by atoms with van der Waals surface area (Å²) in [6, 6.07) is 12.7. The lowest BCUT2D eigenvalue weighted by Crippen LogP contribution is -2.34. The SMILES string of the molecule is COc1ccc([C@H]2CCCN2C(=S)Nc2ccc(C)c(C)c2)cc1OC. The van der Waals surface area contributed by atoms with Gasteiger partial charge in [-0.1, -0.05) is 12.1 Å². The predicted octanol–water partition coefficient (Wildman–Crippen LogP) is 4.85. The molecule has 0 aliphatic carbocycles. The van der Waals surface area contributed by atoms with Crippen molar-refractivity contribution in [3.05, 3.63) is 53.1 Å². The molecule has 4 nitrogen and oxygen atoms in total. The van der Waals surface area contributed by atoms with Crippen LogP contribution in [0.1, 0.15) is 35.6 Å². The molecule has 0 radical (unpaired) electrons. The third-order valence-electron chi connectivity index (χ3n) is 5.06. The largest absolute Gasteiger partial charge is 0.493 e. The van der Waals surface area contributed by atoms with Crippen LogP contribution in [0.15, 0.2) is 36.4 Å². The molecule has 0 amide bonds. The van der Waals surface area contributed by atoms with Crippen molar-refractivity contribution in [2.75, 3.05) is 26.1 Å². The molecule has 0 unspecified atom stereocenters. The lowest BCUT2D eigenvalue weighted by Gasteiger charge is -2.28. The van der Waals surface area contributed by atoms with Crippen LogP contribution in [-0.2, 0) is 0 Å². The van der Waals surface area contributed by atoms with Gasteiger partial charge in [-0.05, 0) is 79.9 Å². The molecule has 5 heteroatoms. The molecule has 0 saturated carbocycles. The number of likely N-dealkylation sites (tertiary alicyclic amines) is 1. The van der Waals surface area contributed by atoms with E-state index in [0.717, 1.165) is 41.7 Å². The quantitative estimate of drug-likeness (QED) is 0.778. The fourth-order valence-corrected chi connectivity index (χ4v) is 3.77. The van der Waals surface area contributed by atoms with Gasteiger partial charge in [0, 0.05) is 12.2 Å². The van der Waals surface area contributed by atoms with Crippen molar-refractivity contribution in [3.8, 4) is 11.5 Å². The summed E-state index contributed by atoms with van der Waals surface area (Å²) in [4.78, 5) is 2.27. The minimum atomic E-state index is 0.251. The molecule has 1 fully saturated rings. The average molecular weight is 371 g/mol. The molecule has 1 saturated heterocycles. The Kier molecular flexibility index (Phi) is 5.67. The predicted molar refractivity (Wildman–Crippen MR) is 110 cm³/mol. The summed E-state index contributed by atoms with van der Waals surface area (Å²) in [5.41, 5.74) is 4.78. The Hall–Kier alpha value is -2.27. The summed E-state index contributed by atoms with van der Waals surface area (Å²) < 4.78 is 10.8. The number of nitrogens with zero attached hydrogens (tertiary/aromatic N) is 1. The van der Waals surface area contributed by atoms with Crippen molar-refractivity contribution < 1.29 is 9.47 Å². The first-order chi connectivity index (χ1) is 12.5. The van der Waals surface area contributed by atoms with Crippen LogP contribution in [0.4, 0.5) is 5.69 Å². The minimum absolute atomic E-state index is 0.251. The number of hydrogen-bond donors (Lipinski definition) is 1. The fraction of sp³-hybridized carbons (Fsp3) is 0.381. The van der Waals surface area contributed by atoms with Gasteiger partial charge in [-0.25, -0.2) is 0 Å². The number of ether oxygens (including phenoxy) is 2. The minimum Gasteiger partial charge on any atom is -0.493 e. The van der Waals surface area contributed by atoms with E-state index in [4.69, 9.17) is 21.7 Å². The van der Waals surface area contributed by atoms with Crippen LogP contribution < -0.4 is 14.8 Å². The van der Waals surface area contributed by atoms with E-state index in [-0.39, 0.29) is 6.04 Å². The zero-order valence-corrected chi connectivity index (χ0v) is 16.7. The Morgan fingerprint density at radius 2 is 1.81 bits per heavy atom. The van der Waals surface area contributed by atoms with Crippen LogP contribution in [-0.4, -0.2) is 30.8 Å². The maximum atomic E-state index is 5.72. The lowest BCUT2D eigenvalue weighted by molar-refractivity contribution is 0.351. The first-order valence-corrected chi connectivity index (χ1v) is 9.31. The second-order valence-corrected chi connectivity index (χ2v) is 7.08. The molecule has 1 N–H and O–H groups in total. The Morgan fingerprint density at radius 1 is 1.04 bits per heavy atom.